The van der Waals surface area contributed by atoms with Crippen molar-refractivity contribution in [3.63, 3.8) is 0 Å². The molecule has 2 heterocycles. The fraction of sp³-hybridized carbons (Fsp3) is 0.333. The summed E-state index contributed by atoms with van der Waals surface area (Å²) < 4.78 is 13.1. The molecule has 1 aliphatic rings. The van der Waals surface area contributed by atoms with Crippen LogP contribution in [0.25, 0.3) is 0 Å². The molecule has 2 atom stereocenters. The number of hydrogen-bond donors (Lipinski definition) is 2. The summed E-state index contributed by atoms with van der Waals surface area (Å²) >= 11 is 0. The fourth-order valence-electron chi connectivity index (χ4n) is 4.12. The van der Waals surface area contributed by atoms with E-state index in [1.807, 2.05) is 24.8 Å². The summed E-state index contributed by atoms with van der Waals surface area (Å²) in [6, 6.07) is 17.0. The third kappa shape index (κ3) is 5.93. The van der Waals surface area contributed by atoms with Crippen LogP contribution < -0.4 is 11.0 Å². The van der Waals surface area contributed by atoms with Crippen molar-refractivity contribution in [3.8, 4) is 0 Å². The molecule has 0 unspecified atom stereocenters. The van der Waals surface area contributed by atoms with Crippen molar-refractivity contribution in [1.82, 2.24) is 14.5 Å². The Kier molecular flexibility index (Phi) is 7.82. The van der Waals surface area contributed by atoms with Crippen LogP contribution in [-0.2, 0) is 9.47 Å². The van der Waals surface area contributed by atoms with Crippen LogP contribution >= 0.6 is 0 Å². The number of hydrogen-bond acceptors (Lipinski definition) is 8. The molecule has 1 aliphatic heterocycles. The van der Waals surface area contributed by atoms with Gasteiger partial charge in [-0.15, -0.1) is 0 Å². The molecule has 2 N–H and O–H groups in total. The van der Waals surface area contributed by atoms with Crippen LogP contribution in [0.5, 0.6) is 0 Å². The highest BCUT2D eigenvalue weighted by Gasteiger charge is 2.45. The minimum Gasteiger partial charge on any atom is -0.425 e. The molecule has 4 rings (SSSR count). The van der Waals surface area contributed by atoms with E-state index < -0.39 is 36.2 Å². The average Bonchev–Trinajstić information content (AvgIpc) is 2.89. The van der Waals surface area contributed by atoms with Crippen molar-refractivity contribution in [2.45, 2.75) is 38.8 Å². The van der Waals surface area contributed by atoms with Crippen molar-refractivity contribution < 1.29 is 24.2 Å². The number of aliphatic hydroxyl groups excluding tert-OH is 1. The van der Waals surface area contributed by atoms with Gasteiger partial charge in [0, 0.05) is 24.3 Å². The Hall–Kier alpha value is -3.86. The second kappa shape index (κ2) is 11.0. The van der Waals surface area contributed by atoms with Gasteiger partial charge in [-0.3, -0.25) is 14.3 Å². The van der Waals surface area contributed by atoms with Gasteiger partial charge >= 0.3 is 11.7 Å². The lowest BCUT2D eigenvalue weighted by atomic mass is 10.1. The summed E-state index contributed by atoms with van der Waals surface area (Å²) in [5.74, 6) is -2.65. The van der Waals surface area contributed by atoms with E-state index >= 15 is 0 Å². The van der Waals surface area contributed by atoms with Crippen LogP contribution in [0.4, 0.5) is 5.82 Å². The molecule has 0 spiro atoms. The fourth-order valence-corrected chi connectivity index (χ4v) is 4.12. The van der Waals surface area contributed by atoms with Gasteiger partial charge in [0.1, 0.15) is 12.4 Å². The summed E-state index contributed by atoms with van der Waals surface area (Å²) in [7, 11) is 0. The number of nitrogens with zero attached hydrogens (tertiary/aromatic N) is 3. The predicted molar refractivity (Wildman–Crippen MR) is 136 cm³/mol. The maximum Gasteiger partial charge on any atom is 0.351 e. The van der Waals surface area contributed by atoms with Gasteiger partial charge in [0.05, 0.1) is 12.1 Å². The maximum atomic E-state index is 13.0. The molecule has 194 valence electrons. The van der Waals surface area contributed by atoms with Crippen molar-refractivity contribution in [2.75, 3.05) is 25.0 Å². The first-order chi connectivity index (χ1) is 17.7. The van der Waals surface area contributed by atoms with Crippen molar-refractivity contribution >= 4 is 17.7 Å². The zero-order chi connectivity index (χ0) is 26.6. The molecule has 2 aromatic carbocycles. The van der Waals surface area contributed by atoms with E-state index in [2.05, 4.69) is 10.3 Å². The molecular formula is C27H30N4O6. The monoisotopic (exact) mass is 506 g/mol. The summed E-state index contributed by atoms with van der Waals surface area (Å²) in [5, 5.41) is 12.9. The number of aryl methyl sites for hydroxylation is 1. The van der Waals surface area contributed by atoms with E-state index in [0.717, 1.165) is 5.56 Å². The summed E-state index contributed by atoms with van der Waals surface area (Å²) in [6.45, 7) is 5.49. The summed E-state index contributed by atoms with van der Waals surface area (Å²) in [4.78, 5) is 44.3. The molecule has 1 saturated heterocycles. The molecule has 0 bridgehead atoms. The number of morpholine rings is 1. The van der Waals surface area contributed by atoms with Gasteiger partial charge in [0.2, 0.25) is 0 Å². The Balaban J connectivity index is 1.58. The lowest BCUT2D eigenvalue weighted by Crippen LogP contribution is -2.60. The molecule has 1 fully saturated rings. The van der Waals surface area contributed by atoms with Crippen LogP contribution in [0.3, 0.4) is 0 Å². The minimum atomic E-state index is -1.70. The van der Waals surface area contributed by atoms with Crippen molar-refractivity contribution in [1.29, 1.82) is 0 Å². The van der Waals surface area contributed by atoms with Gasteiger partial charge < -0.3 is 19.9 Å². The number of esters is 1. The van der Waals surface area contributed by atoms with Gasteiger partial charge in [0.25, 0.3) is 11.7 Å². The van der Waals surface area contributed by atoms with Crippen LogP contribution in [-0.4, -0.2) is 63.0 Å². The third-order valence-corrected chi connectivity index (χ3v) is 6.22. The largest absolute Gasteiger partial charge is 0.425 e. The number of rotatable bonds is 7. The van der Waals surface area contributed by atoms with Crippen LogP contribution in [0, 0.1) is 6.92 Å². The van der Waals surface area contributed by atoms with Gasteiger partial charge in [0.15, 0.2) is 6.23 Å². The van der Waals surface area contributed by atoms with E-state index in [4.69, 9.17) is 9.47 Å². The third-order valence-electron chi connectivity index (χ3n) is 6.22. The standard InChI is InChI=1S/C27H30N4O6/c1-18(2)30-15-23(36-27(16-30,17-32)37-25(34)21-12-8-7-9-19(21)3)31-14-13-22(29-26(31)35)28-24(33)20-10-5-4-6-11-20/h4-14,18,23,32H,15-17H2,1-3H3,(H,28,29,33,35)/t23-,27-/m1/s1. The van der Waals surface area contributed by atoms with E-state index in [9.17, 15) is 19.5 Å². The van der Waals surface area contributed by atoms with Gasteiger partial charge in [-0.25, -0.2) is 9.59 Å². The number of carbonyl (C=O) groups is 2. The first-order valence-corrected chi connectivity index (χ1v) is 12.0. The SMILES string of the molecule is Cc1ccccc1C(=O)O[C@@]1(CO)CN(C(C)C)C[C@H](n2ccc(NC(=O)c3ccccc3)nc2=O)O1. The second-order valence-corrected chi connectivity index (χ2v) is 9.19. The molecular weight excluding hydrogens is 476 g/mol. The molecule has 3 aromatic rings. The first-order valence-electron chi connectivity index (χ1n) is 12.0. The Bertz CT molecular complexity index is 1330. The number of aliphatic hydroxyl groups is 1. The molecule has 37 heavy (non-hydrogen) atoms. The van der Waals surface area contributed by atoms with E-state index in [-0.39, 0.29) is 18.4 Å². The first kappa shape index (κ1) is 26.2. The van der Waals surface area contributed by atoms with E-state index in [0.29, 0.717) is 17.7 Å². The number of ether oxygens (including phenoxy) is 2. The normalized spacial score (nSPS) is 20.0. The summed E-state index contributed by atoms with van der Waals surface area (Å²) in [6.07, 6.45) is 0.544. The Morgan fingerprint density at radius 3 is 2.51 bits per heavy atom. The number of nitrogens with one attached hydrogen (secondary N) is 1. The zero-order valence-electron chi connectivity index (χ0n) is 21.0. The van der Waals surface area contributed by atoms with Crippen LogP contribution in [0.1, 0.15) is 46.4 Å². The van der Waals surface area contributed by atoms with Crippen LogP contribution in [0.15, 0.2) is 71.7 Å². The highest BCUT2D eigenvalue weighted by Crippen LogP contribution is 2.30. The topological polar surface area (TPSA) is 123 Å². The lowest BCUT2D eigenvalue weighted by molar-refractivity contribution is -0.299. The van der Waals surface area contributed by atoms with Gasteiger partial charge in [-0.1, -0.05) is 36.4 Å². The zero-order valence-corrected chi connectivity index (χ0v) is 21.0. The molecule has 10 heteroatoms. The number of amides is 1. The highest BCUT2D eigenvalue weighted by atomic mass is 16.7. The predicted octanol–water partition coefficient (Wildman–Crippen LogP) is 2.59. The van der Waals surface area contributed by atoms with E-state index in [1.165, 1.54) is 16.8 Å². The Labute approximate surface area is 214 Å². The molecule has 0 aliphatic carbocycles. The molecule has 1 aromatic heterocycles. The molecule has 0 saturated carbocycles. The minimum absolute atomic E-state index is 0.00239. The Morgan fingerprint density at radius 2 is 1.86 bits per heavy atom. The van der Waals surface area contributed by atoms with Crippen LogP contribution in [0.2, 0.25) is 0 Å². The van der Waals surface area contributed by atoms with Crippen molar-refractivity contribution in [2.24, 2.45) is 0 Å². The smallest absolute Gasteiger partial charge is 0.351 e. The van der Waals surface area contributed by atoms with Gasteiger partial charge in [-0.05, 0) is 50.6 Å². The number of aromatic nitrogens is 2. The quantitative estimate of drug-likeness (QED) is 0.469. The molecule has 0 radical (unpaired) electrons. The average molecular weight is 507 g/mol. The number of anilines is 1. The highest BCUT2D eigenvalue weighted by molar-refractivity contribution is 6.03. The molecule has 10 nitrogen and oxygen atoms in total. The van der Waals surface area contributed by atoms with Gasteiger partial charge in [-0.2, -0.15) is 4.98 Å². The Morgan fingerprint density at radius 1 is 1.16 bits per heavy atom. The second-order valence-electron chi connectivity index (χ2n) is 9.19. The van der Waals surface area contributed by atoms with E-state index in [1.54, 1.807) is 55.5 Å². The number of carbonyl (C=O) groups excluding carboxylic acids is 2. The number of benzene rings is 2. The lowest BCUT2D eigenvalue weighted by Gasteiger charge is -2.46. The maximum absolute atomic E-state index is 13.0. The summed E-state index contributed by atoms with van der Waals surface area (Å²) in [5.41, 5.74) is 0.843. The molecule has 1 amide bonds. The van der Waals surface area contributed by atoms with Crippen molar-refractivity contribution in [3.05, 3.63) is 94.0 Å².